The van der Waals surface area contributed by atoms with E-state index in [9.17, 15) is 9.59 Å². The third kappa shape index (κ3) is 2.58. The van der Waals surface area contributed by atoms with Crippen molar-refractivity contribution in [3.05, 3.63) is 22.8 Å². The first-order valence-corrected chi connectivity index (χ1v) is 7.35. The molecule has 0 N–H and O–H groups in total. The van der Waals surface area contributed by atoms with Crippen LogP contribution >= 0.6 is 0 Å². The van der Waals surface area contributed by atoms with Gasteiger partial charge < -0.3 is 0 Å². The molecule has 104 valence electrons. The van der Waals surface area contributed by atoms with Crippen molar-refractivity contribution in [1.82, 2.24) is 0 Å². The van der Waals surface area contributed by atoms with Gasteiger partial charge in [0.2, 0.25) is 0 Å². The van der Waals surface area contributed by atoms with E-state index in [1.165, 1.54) is 0 Å². The standard InChI is InChI=1S/C17H24O2/c1-5-17(3,4)12-7-9-14(18)13(10-12)16-11(2)6-8-15(16)19/h10,12H,5-9H2,1-4H3. The highest BCUT2D eigenvalue weighted by atomic mass is 16.1. The maximum atomic E-state index is 12.2. The molecule has 1 unspecified atom stereocenters. The first-order chi connectivity index (χ1) is 8.86. The van der Waals surface area contributed by atoms with Crippen LogP contribution in [0.5, 0.6) is 0 Å². The molecule has 0 saturated heterocycles. The second-order valence-electron chi connectivity index (χ2n) is 6.57. The summed E-state index contributed by atoms with van der Waals surface area (Å²) >= 11 is 0. The van der Waals surface area contributed by atoms with Crippen LogP contribution in [0, 0.1) is 11.3 Å². The van der Waals surface area contributed by atoms with E-state index in [1.54, 1.807) is 0 Å². The highest BCUT2D eigenvalue weighted by Gasteiger charge is 2.35. The molecule has 2 aliphatic rings. The van der Waals surface area contributed by atoms with Crippen molar-refractivity contribution in [1.29, 1.82) is 0 Å². The van der Waals surface area contributed by atoms with Gasteiger partial charge in [-0.3, -0.25) is 9.59 Å². The minimum atomic E-state index is 0.159. The fourth-order valence-corrected chi connectivity index (χ4v) is 3.07. The first-order valence-electron chi connectivity index (χ1n) is 7.35. The molecule has 0 heterocycles. The third-order valence-corrected chi connectivity index (χ3v) is 4.97. The monoisotopic (exact) mass is 260 g/mol. The van der Waals surface area contributed by atoms with Crippen LogP contribution in [0.3, 0.4) is 0 Å². The fourth-order valence-electron chi connectivity index (χ4n) is 3.07. The lowest BCUT2D eigenvalue weighted by atomic mass is 9.70. The molecule has 2 rings (SSSR count). The topological polar surface area (TPSA) is 34.1 Å². The van der Waals surface area contributed by atoms with Gasteiger partial charge in [0.25, 0.3) is 0 Å². The van der Waals surface area contributed by atoms with E-state index in [4.69, 9.17) is 0 Å². The number of carbonyl (C=O) groups is 2. The Morgan fingerprint density at radius 3 is 2.37 bits per heavy atom. The molecule has 2 nitrogen and oxygen atoms in total. The van der Waals surface area contributed by atoms with E-state index < -0.39 is 0 Å². The highest BCUT2D eigenvalue weighted by Crippen LogP contribution is 2.41. The second-order valence-corrected chi connectivity index (χ2v) is 6.57. The molecule has 0 saturated carbocycles. The number of rotatable bonds is 3. The Labute approximate surface area is 116 Å². The predicted molar refractivity (Wildman–Crippen MR) is 76.8 cm³/mol. The van der Waals surface area contributed by atoms with Gasteiger partial charge in [0, 0.05) is 24.0 Å². The van der Waals surface area contributed by atoms with Gasteiger partial charge in [-0.15, -0.1) is 0 Å². The molecule has 0 radical (unpaired) electrons. The molecule has 0 aromatic carbocycles. The van der Waals surface area contributed by atoms with Crippen molar-refractivity contribution in [3.8, 4) is 0 Å². The van der Waals surface area contributed by atoms with Crippen molar-refractivity contribution >= 4 is 11.6 Å². The van der Waals surface area contributed by atoms with Crippen molar-refractivity contribution < 1.29 is 9.59 Å². The Kier molecular flexibility index (Phi) is 3.80. The number of allylic oxidation sites excluding steroid dienone is 4. The van der Waals surface area contributed by atoms with Crippen LogP contribution in [0.1, 0.15) is 59.8 Å². The van der Waals surface area contributed by atoms with Gasteiger partial charge in [0.15, 0.2) is 11.6 Å². The summed E-state index contributed by atoms with van der Waals surface area (Å²) in [5.41, 5.74) is 2.75. The van der Waals surface area contributed by atoms with Crippen molar-refractivity contribution in [2.75, 3.05) is 0 Å². The van der Waals surface area contributed by atoms with Crippen molar-refractivity contribution in [2.45, 2.75) is 59.8 Å². The van der Waals surface area contributed by atoms with Gasteiger partial charge in [-0.2, -0.15) is 0 Å². The lowest BCUT2D eigenvalue weighted by Crippen LogP contribution is -2.27. The Balaban J connectivity index is 2.40. The van der Waals surface area contributed by atoms with Crippen LogP contribution in [0.15, 0.2) is 22.8 Å². The SMILES string of the molecule is CCC(C)(C)C1C=C(C2=C(C)CCC2=O)C(=O)CC1. The molecule has 0 bridgehead atoms. The van der Waals surface area contributed by atoms with Crippen LogP contribution in [0.2, 0.25) is 0 Å². The Hall–Kier alpha value is -1.18. The summed E-state index contributed by atoms with van der Waals surface area (Å²) in [6, 6.07) is 0. The third-order valence-electron chi connectivity index (χ3n) is 4.97. The molecular weight excluding hydrogens is 236 g/mol. The number of hydrogen-bond donors (Lipinski definition) is 0. The zero-order chi connectivity index (χ0) is 14.2. The van der Waals surface area contributed by atoms with Crippen molar-refractivity contribution in [2.24, 2.45) is 11.3 Å². The minimum absolute atomic E-state index is 0.159. The van der Waals surface area contributed by atoms with Crippen LogP contribution < -0.4 is 0 Å². The summed E-state index contributed by atoms with van der Waals surface area (Å²) < 4.78 is 0. The second kappa shape index (κ2) is 5.07. The van der Waals surface area contributed by atoms with E-state index in [0.717, 1.165) is 36.0 Å². The molecule has 0 aromatic heterocycles. The lowest BCUT2D eigenvalue weighted by molar-refractivity contribution is -0.118. The number of carbonyl (C=O) groups excluding carboxylic acids is 2. The smallest absolute Gasteiger partial charge is 0.163 e. The number of Topliss-reactive ketones (excluding diaryl/α,β-unsaturated/α-hetero) is 2. The van der Waals surface area contributed by atoms with E-state index in [1.807, 2.05) is 6.92 Å². The Morgan fingerprint density at radius 1 is 1.16 bits per heavy atom. The molecule has 0 aliphatic heterocycles. The molecular formula is C17H24O2. The molecule has 0 aromatic rings. The Bertz CT molecular complexity index is 477. The molecule has 0 fully saturated rings. The van der Waals surface area contributed by atoms with Crippen LogP contribution in [0.4, 0.5) is 0 Å². The minimum Gasteiger partial charge on any atom is -0.294 e. The van der Waals surface area contributed by atoms with Crippen LogP contribution in [0.25, 0.3) is 0 Å². The quantitative estimate of drug-likeness (QED) is 0.768. The van der Waals surface area contributed by atoms with Crippen molar-refractivity contribution in [3.63, 3.8) is 0 Å². The maximum Gasteiger partial charge on any atom is 0.163 e. The summed E-state index contributed by atoms with van der Waals surface area (Å²) in [7, 11) is 0. The summed E-state index contributed by atoms with van der Waals surface area (Å²) in [4.78, 5) is 24.2. The van der Waals surface area contributed by atoms with Crippen LogP contribution in [-0.2, 0) is 9.59 Å². The average molecular weight is 260 g/mol. The van der Waals surface area contributed by atoms with Gasteiger partial charge in [0.1, 0.15) is 0 Å². The molecule has 19 heavy (non-hydrogen) atoms. The molecule has 2 aliphatic carbocycles. The molecule has 2 heteroatoms. The van der Waals surface area contributed by atoms with Crippen LogP contribution in [-0.4, -0.2) is 11.6 Å². The molecule has 0 spiro atoms. The average Bonchev–Trinajstić information content (AvgIpc) is 2.70. The first kappa shape index (κ1) is 14.2. The number of ketones is 2. The Morgan fingerprint density at radius 2 is 1.84 bits per heavy atom. The van der Waals surface area contributed by atoms with Gasteiger partial charge in [0.05, 0.1) is 0 Å². The molecule has 0 amide bonds. The predicted octanol–water partition coefficient (Wildman–Crippen LogP) is 4.01. The fraction of sp³-hybridized carbons (Fsp3) is 0.647. The summed E-state index contributed by atoms with van der Waals surface area (Å²) in [6.07, 6.45) is 6.08. The maximum absolute atomic E-state index is 12.2. The van der Waals surface area contributed by atoms with E-state index in [-0.39, 0.29) is 17.0 Å². The summed E-state index contributed by atoms with van der Waals surface area (Å²) in [5.74, 6) is 0.721. The van der Waals surface area contributed by atoms with E-state index >= 15 is 0 Å². The van der Waals surface area contributed by atoms with E-state index in [2.05, 4.69) is 26.8 Å². The summed E-state index contributed by atoms with van der Waals surface area (Å²) in [5, 5.41) is 0. The summed E-state index contributed by atoms with van der Waals surface area (Å²) in [6.45, 7) is 8.68. The lowest BCUT2D eigenvalue weighted by Gasteiger charge is -2.34. The highest BCUT2D eigenvalue weighted by molar-refractivity contribution is 6.14. The van der Waals surface area contributed by atoms with Gasteiger partial charge in [-0.1, -0.05) is 38.8 Å². The van der Waals surface area contributed by atoms with E-state index in [0.29, 0.717) is 18.8 Å². The molecule has 1 atom stereocenters. The number of hydrogen-bond acceptors (Lipinski definition) is 2. The van der Waals surface area contributed by atoms with Gasteiger partial charge >= 0.3 is 0 Å². The van der Waals surface area contributed by atoms with Gasteiger partial charge in [-0.25, -0.2) is 0 Å². The zero-order valence-corrected chi connectivity index (χ0v) is 12.5. The normalized spacial score (nSPS) is 25.1. The largest absolute Gasteiger partial charge is 0.294 e. The van der Waals surface area contributed by atoms with Gasteiger partial charge in [-0.05, 0) is 31.1 Å². The zero-order valence-electron chi connectivity index (χ0n) is 12.5.